The number of benzene rings is 2. The summed E-state index contributed by atoms with van der Waals surface area (Å²) in [6.45, 7) is 0. The van der Waals surface area contributed by atoms with Gasteiger partial charge >= 0.3 is 0 Å². The molecule has 5 rings (SSSR count). The van der Waals surface area contributed by atoms with Crippen molar-refractivity contribution < 1.29 is 0 Å². The van der Waals surface area contributed by atoms with Crippen LogP contribution in [0.1, 0.15) is 35.2 Å². The maximum atomic E-state index is 4.54. The summed E-state index contributed by atoms with van der Waals surface area (Å²) in [6, 6.07) is 22.1. The largest absolute Gasteiger partial charge is 0.365 e. The molecule has 2 aliphatic rings. The maximum Gasteiger partial charge on any atom is 0.155 e. The van der Waals surface area contributed by atoms with E-state index in [1.54, 1.807) is 0 Å². The number of allylic oxidation sites excluding steroid dienone is 1. The molecule has 3 nitrogen and oxygen atoms in total. The topological polar surface area (TPSA) is 40.7 Å². The number of hydrogen-bond acceptors (Lipinski definition) is 2. The van der Waals surface area contributed by atoms with Crippen LogP contribution in [0.5, 0.6) is 0 Å². The SMILES string of the molecule is C1=CC(c2ccccc2)(c2ccccc2)Cc2[nH]nc(NC3CC3)c21. The van der Waals surface area contributed by atoms with E-state index in [1.807, 2.05) is 0 Å². The number of nitrogens with one attached hydrogen (secondary N) is 2. The molecule has 1 saturated carbocycles. The predicted molar refractivity (Wildman–Crippen MR) is 102 cm³/mol. The van der Waals surface area contributed by atoms with Crippen molar-refractivity contribution in [2.24, 2.45) is 0 Å². The molecule has 2 aliphatic carbocycles. The van der Waals surface area contributed by atoms with Crippen molar-refractivity contribution in [2.75, 3.05) is 5.32 Å². The molecule has 124 valence electrons. The second kappa shape index (κ2) is 5.62. The van der Waals surface area contributed by atoms with Crippen LogP contribution in [0.4, 0.5) is 5.82 Å². The number of fused-ring (bicyclic) bond motifs is 1. The third kappa shape index (κ3) is 2.47. The van der Waals surface area contributed by atoms with E-state index < -0.39 is 0 Å². The Kier molecular flexibility index (Phi) is 3.27. The summed E-state index contributed by atoms with van der Waals surface area (Å²) in [5.41, 5.74) is 4.90. The van der Waals surface area contributed by atoms with Gasteiger partial charge in [-0.1, -0.05) is 72.8 Å². The quantitative estimate of drug-likeness (QED) is 0.738. The van der Waals surface area contributed by atoms with E-state index in [9.17, 15) is 0 Å². The zero-order valence-corrected chi connectivity index (χ0v) is 14.1. The Labute approximate surface area is 147 Å². The highest BCUT2D eigenvalue weighted by Gasteiger charge is 2.36. The zero-order valence-electron chi connectivity index (χ0n) is 14.1. The van der Waals surface area contributed by atoms with E-state index in [0.717, 1.165) is 12.2 Å². The summed E-state index contributed by atoms with van der Waals surface area (Å²) in [5.74, 6) is 1.00. The van der Waals surface area contributed by atoms with Crippen LogP contribution in [-0.4, -0.2) is 16.2 Å². The van der Waals surface area contributed by atoms with E-state index in [0.29, 0.717) is 6.04 Å². The monoisotopic (exact) mass is 327 g/mol. The van der Waals surface area contributed by atoms with Crippen molar-refractivity contribution in [3.05, 3.63) is 89.1 Å². The van der Waals surface area contributed by atoms with Crippen molar-refractivity contribution >= 4 is 11.9 Å². The molecule has 1 aromatic heterocycles. The smallest absolute Gasteiger partial charge is 0.155 e. The number of hydrogen-bond donors (Lipinski definition) is 2. The molecule has 2 aromatic carbocycles. The summed E-state index contributed by atoms with van der Waals surface area (Å²) < 4.78 is 0. The van der Waals surface area contributed by atoms with Crippen molar-refractivity contribution in [1.82, 2.24) is 10.2 Å². The van der Waals surface area contributed by atoms with Gasteiger partial charge in [-0.3, -0.25) is 5.10 Å². The highest BCUT2D eigenvalue weighted by atomic mass is 15.2. The number of nitrogens with zero attached hydrogens (tertiary/aromatic N) is 1. The molecule has 0 spiro atoms. The minimum absolute atomic E-state index is 0.154. The number of anilines is 1. The molecular weight excluding hydrogens is 306 g/mol. The van der Waals surface area contributed by atoms with E-state index in [4.69, 9.17) is 0 Å². The molecule has 1 fully saturated rings. The lowest BCUT2D eigenvalue weighted by Gasteiger charge is -2.34. The van der Waals surface area contributed by atoms with Crippen molar-refractivity contribution in [2.45, 2.75) is 30.7 Å². The molecule has 1 heterocycles. The van der Waals surface area contributed by atoms with E-state index >= 15 is 0 Å². The number of aromatic amines is 1. The normalized spacial score (nSPS) is 17.9. The predicted octanol–water partition coefficient (Wildman–Crippen LogP) is 4.54. The first-order chi connectivity index (χ1) is 12.4. The Bertz CT molecular complexity index is 865. The maximum absolute atomic E-state index is 4.54. The third-order valence-electron chi connectivity index (χ3n) is 5.37. The van der Waals surface area contributed by atoms with Crippen LogP contribution in [0.25, 0.3) is 6.08 Å². The van der Waals surface area contributed by atoms with Gasteiger partial charge in [0.2, 0.25) is 0 Å². The van der Waals surface area contributed by atoms with Crippen LogP contribution < -0.4 is 5.32 Å². The Hall–Kier alpha value is -2.81. The average Bonchev–Trinajstić information content (AvgIpc) is 3.42. The lowest BCUT2D eigenvalue weighted by Crippen LogP contribution is -2.30. The van der Waals surface area contributed by atoms with Crippen molar-refractivity contribution in [3.63, 3.8) is 0 Å². The molecular formula is C22H21N3. The zero-order chi connectivity index (χ0) is 16.7. The first-order valence-electron chi connectivity index (χ1n) is 8.99. The van der Waals surface area contributed by atoms with Gasteiger partial charge in [-0.05, 0) is 24.0 Å². The minimum atomic E-state index is -0.154. The van der Waals surface area contributed by atoms with Crippen LogP contribution in [-0.2, 0) is 11.8 Å². The van der Waals surface area contributed by atoms with E-state index in [1.165, 1.54) is 35.2 Å². The Morgan fingerprint density at radius 3 is 2.16 bits per heavy atom. The number of aromatic nitrogens is 2. The molecule has 0 atom stereocenters. The van der Waals surface area contributed by atoms with Crippen LogP contribution in [0.3, 0.4) is 0 Å². The number of rotatable bonds is 4. The van der Waals surface area contributed by atoms with Gasteiger partial charge < -0.3 is 5.32 Å². The second-order valence-corrected chi connectivity index (χ2v) is 7.10. The van der Waals surface area contributed by atoms with Gasteiger partial charge in [0.05, 0.1) is 0 Å². The van der Waals surface area contributed by atoms with Gasteiger partial charge in [0.25, 0.3) is 0 Å². The molecule has 0 saturated heterocycles. The third-order valence-corrected chi connectivity index (χ3v) is 5.37. The highest BCUT2D eigenvalue weighted by Crippen LogP contribution is 2.42. The molecule has 3 heteroatoms. The molecule has 0 unspecified atom stereocenters. The van der Waals surface area contributed by atoms with Crippen LogP contribution in [0.2, 0.25) is 0 Å². The molecule has 0 bridgehead atoms. The summed E-state index contributed by atoms with van der Waals surface area (Å²) in [5, 5.41) is 11.4. The fourth-order valence-electron chi connectivity index (χ4n) is 3.83. The van der Waals surface area contributed by atoms with Gasteiger partial charge in [0.15, 0.2) is 5.82 Å². The molecule has 0 amide bonds. The van der Waals surface area contributed by atoms with Gasteiger partial charge in [0, 0.05) is 29.1 Å². The van der Waals surface area contributed by atoms with E-state index in [2.05, 4.69) is 88.3 Å². The number of H-pyrrole nitrogens is 1. The van der Waals surface area contributed by atoms with Gasteiger partial charge in [-0.15, -0.1) is 0 Å². The highest BCUT2D eigenvalue weighted by molar-refractivity contribution is 5.71. The lowest BCUT2D eigenvalue weighted by molar-refractivity contribution is 0.620. The summed E-state index contributed by atoms with van der Waals surface area (Å²) >= 11 is 0. The first kappa shape index (κ1) is 14.5. The van der Waals surface area contributed by atoms with Gasteiger partial charge in [0.1, 0.15) is 0 Å². The van der Waals surface area contributed by atoms with Crippen molar-refractivity contribution in [1.29, 1.82) is 0 Å². The van der Waals surface area contributed by atoms with Gasteiger partial charge in [-0.25, -0.2) is 0 Å². The molecule has 25 heavy (non-hydrogen) atoms. The fourth-order valence-corrected chi connectivity index (χ4v) is 3.83. The molecule has 2 N–H and O–H groups in total. The second-order valence-electron chi connectivity index (χ2n) is 7.10. The molecule has 0 radical (unpaired) electrons. The molecule has 0 aliphatic heterocycles. The van der Waals surface area contributed by atoms with Crippen LogP contribution in [0, 0.1) is 0 Å². The Morgan fingerprint density at radius 2 is 1.56 bits per heavy atom. The average molecular weight is 327 g/mol. The minimum Gasteiger partial charge on any atom is -0.365 e. The van der Waals surface area contributed by atoms with Crippen LogP contribution in [0.15, 0.2) is 66.7 Å². The van der Waals surface area contributed by atoms with Crippen LogP contribution >= 0.6 is 0 Å². The summed E-state index contributed by atoms with van der Waals surface area (Å²) in [6.07, 6.45) is 8.00. The van der Waals surface area contributed by atoms with Gasteiger partial charge in [-0.2, -0.15) is 5.10 Å². The lowest BCUT2D eigenvalue weighted by atomic mass is 9.68. The van der Waals surface area contributed by atoms with E-state index in [-0.39, 0.29) is 5.41 Å². The fraction of sp³-hybridized carbons (Fsp3) is 0.227. The standard InChI is InChI=1S/C22H21N3/c1-3-7-16(8-4-1)22(17-9-5-2-6-10-17)14-13-19-20(15-22)24-25-21(19)23-18-11-12-18/h1-10,13-14,18H,11-12,15H2,(H2,23,24,25). The van der Waals surface area contributed by atoms with Crippen molar-refractivity contribution in [3.8, 4) is 0 Å². The summed E-state index contributed by atoms with van der Waals surface area (Å²) in [7, 11) is 0. The first-order valence-corrected chi connectivity index (χ1v) is 8.99. The summed E-state index contributed by atoms with van der Waals surface area (Å²) in [4.78, 5) is 0. The Balaban J connectivity index is 1.61. The molecule has 3 aromatic rings. The Morgan fingerprint density at radius 1 is 0.920 bits per heavy atom.